The number of rotatable bonds is 6. The molecule has 0 radical (unpaired) electrons. The van der Waals surface area contributed by atoms with Crippen molar-refractivity contribution in [1.29, 1.82) is 0 Å². The lowest BCUT2D eigenvalue weighted by Gasteiger charge is -2.09. The lowest BCUT2D eigenvalue weighted by Crippen LogP contribution is -2.24. The zero-order valence-electron chi connectivity index (χ0n) is 16.8. The van der Waals surface area contributed by atoms with E-state index < -0.39 is 38.4 Å². The van der Waals surface area contributed by atoms with Gasteiger partial charge < -0.3 is 10.3 Å². The number of aromatic amines is 1. The lowest BCUT2D eigenvalue weighted by molar-refractivity contribution is 0.102. The Labute approximate surface area is 186 Å². The number of sulfonamides is 1. The van der Waals surface area contributed by atoms with Gasteiger partial charge in [0.05, 0.1) is 15.8 Å². The van der Waals surface area contributed by atoms with Gasteiger partial charge in [0.15, 0.2) is 0 Å². The fourth-order valence-corrected chi connectivity index (χ4v) is 4.13. The van der Waals surface area contributed by atoms with Gasteiger partial charge in [0, 0.05) is 36.9 Å². The van der Waals surface area contributed by atoms with Crippen LogP contribution in [0, 0.1) is 11.6 Å². The number of halogens is 2. The number of amides is 1. The summed E-state index contributed by atoms with van der Waals surface area (Å²) in [7, 11) is -3.81. The molecule has 4 rings (SSSR count). The highest BCUT2D eigenvalue weighted by Gasteiger charge is 2.18. The van der Waals surface area contributed by atoms with Crippen molar-refractivity contribution in [3.8, 4) is 0 Å². The van der Waals surface area contributed by atoms with E-state index >= 15 is 0 Å². The Kier molecular flexibility index (Phi) is 5.99. The Hall–Kier alpha value is -3.96. The number of carbonyl (C=O) groups excluding carboxylic acids is 1. The molecule has 2 aromatic carbocycles. The molecule has 8 nitrogen and oxygen atoms in total. The van der Waals surface area contributed by atoms with Gasteiger partial charge in [-0.3, -0.25) is 14.6 Å². The van der Waals surface area contributed by atoms with Gasteiger partial charge >= 0.3 is 0 Å². The topological polar surface area (TPSA) is 121 Å². The average Bonchev–Trinajstić information content (AvgIpc) is 2.78. The number of anilines is 1. The van der Waals surface area contributed by atoms with E-state index in [-0.39, 0.29) is 28.2 Å². The van der Waals surface area contributed by atoms with Crippen molar-refractivity contribution in [3.05, 3.63) is 100 Å². The van der Waals surface area contributed by atoms with Crippen LogP contribution < -0.4 is 15.5 Å². The second-order valence-electron chi connectivity index (χ2n) is 7.01. The van der Waals surface area contributed by atoms with Crippen LogP contribution in [0.25, 0.3) is 10.9 Å². The maximum atomic E-state index is 14.0. The summed E-state index contributed by atoms with van der Waals surface area (Å²) < 4.78 is 54.7. The number of fused-ring (bicyclic) bond motifs is 1. The van der Waals surface area contributed by atoms with Crippen molar-refractivity contribution in [3.63, 3.8) is 0 Å². The third kappa shape index (κ3) is 4.78. The first-order chi connectivity index (χ1) is 15.7. The number of nitrogens with one attached hydrogen (secondary N) is 3. The predicted molar refractivity (Wildman–Crippen MR) is 117 cm³/mol. The summed E-state index contributed by atoms with van der Waals surface area (Å²) in [6, 6.07) is 10.2. The standard InChI is InChI=1S/C22H16F2N4O4S/c23-14-8-18(24)20-19(9-14)26-12-17(21(20)29)22(30)28-15-3-5-16(6-4-15)33(31,32)27-11-13-2-1-7-25-10-13/h1-10,12,27H,11H2,(H,26,29)(H,28,30). The largest absolute Gasteiger partial charge is 0.360 e. The van der Waals surface area contributed by atoms with Gasteiger partial charge in [0.1, 0.15) is 17.2 Å². The number of nitrogens with zero attached hydrogens (tertiary/aromatic N) is 1. The number of pyridine rings is 2. The van der Waals surface area contributed by atoms with Crippen molar-refractivity contribution in [2.75, 3.05) is 5.32 Å². The molecular weight excluding hydrogens is 454 g/mol. The molecule has 2 heterocycles. The van der Waals surface area contributed by atoms with Gasteiger partial charge in [-0.1, -0.05) is 6.07 Å². The number of aromatic nitrogens is 2. The molecular formula is C22H16F2N4O4S. The van der Waals surface area contributed by atoms with Crippen LogP contribution >= 0.6 is 0 Å². The van der Waals surface area contributed by atoms with Crippen LogP contribution in [-0.4, -0.2) is 24.3 Å². The Morgan fingerprint density at radius 1 is 1.09 bits per heavy atom. The summed E-state index contributed by atoms with van der Waals surface area (Å²) in [6.07, 6.45) is 4.17. The maximum Gasteiger partial charge on any atom is 0.261 e. The Balaban J connectivity index is 1.50. The Morgan fingerprint density at radius 3 is 2.55 bits per heavy atom. The van der Waals surface area contributed by atoms with E-state index in [1.165, 1.54) is 30.5 Å². The molecule has 0 aliphatic carbocycles. The molecule has 0 aliphatic heterocycles. The molecule has 168 valence electrons. The van der Waals surface area contributed by atoms with Crippen LogP contribution in [0.4, 0.5) is 14.5 Å². The second kappa shape index (κ2) is 8.88. The van der Waals surface area contributed by atoms with Crippen LogP contribution in [0.3, 0.4) is 0 Å². The van der Waals surface area contributed by atoms with Gasteiger partial charge in [-0.15, -0.1) is 0 Å². The molecule has 1 amide bonds. The summed E-state index contributed by atoms with van der Waals surface area (Å²) >= 11 is 0. The van der Waals surface area contributed by atoms with Gasteiger partial charge in [-0.05, 0) is 42.0 Å². The van der Waals surface area contributed by atoms with Crippen molar-refractivity contribution in [2.45, 2.75) is 11.4 Å². The molecule has 0 bridgehead atoms. The van der Waals surface area contributed by atoms with E-state index in [1.54, 1.807) is 18.3 Å². The van der Waals surface area contributed by atoms with E-state index in [2.05, 4.69) is 20.0 Å². The van der Waals surface area contributed by atoms with Crippen LogP contribution in [0.15, 0.2) is 76.8 Å². The van der Waals surface area contributed by atoms with Crippen molar-refractivity contribution < 1.29 is 22.0 Å². The highest BCUT2D eigenvalue weighted by atomic mass is 32.2. The highest BCUT2D eigenvalue weighted by molar-refractivity contribution is 7.89. The van der Waals surface area contributed by atoms with E-state index in [0.717, 1.165) is 12.3 Å². The minimum absolute atomic E-state index is 0.0305. The van der Waals surface area contributed by atoms with E-state index in [0.29, 0.717) is 11.6 Å². The van der Waals surface area contributed by atoms with Crippen molar-refractivity contribution in [1.82, 2.24) is 14.7 Å². The molecule has 0 atom stereocenters. The molecule has 4 aromatic rings. The minimum Gasteiger partial charge on any atom is -0.360 e. The number of carbonyl (C=O) groups is 1. The molecule has 33 heavy (non-hydrogen) atoms. The van der Waals surface area contributed by atoms with Crippen LogP contribution in [0.2, 0.25) is 0 Å². The van der Waals surface area contributed by atoms with Crippen LogP contribution in [-0.2, 0) is 16.6 Å². The third-order valence-corrected chi connectivity index (χ3v) is 6.17. The molecule has 0 saturated carbocycles. The van der Waals surface area contributed by atoms with Crippen LogP contribution in [0.5, 0.6) is 0 Å². The van der Waals surface area contributed by atoms with E-state index in [9.17, 15) is 26.8 Å². The quantitative estimate of drug-likeness (QED) is 0.400. The minimum atomic E-state index is -3.81. The summed E-state index contributed by atoms with van der Waals surface area (Å²) in [5.41, 5.74) is -0.474. The number of hydrogen-bond donors (Lipinski definition) is 3. The summed E-state index contributed by atoms with van der Waals surface area (Å²) in [5, 5.41) is 2.01. The predicted octanol–water partition coefficient (Wildman–Crippen LogP) is 2.93. The molecule has 0 fully saturated rings. The second-order valence-corrected chi connectivity index (χ2v) is 8.77. The molecule has 0 saturated heterocycles. The number of hydrogen-bond acceptors (Lipinski definition) is 5. The Morgan fingerprint density at radius 2 is 1.85 bits per heavy atom. The molecule has 0 spiro atoms. The van der Waals surface area contributed by atoms with Gasteiger partial charge in [0.2, 0.25) is 15.5 Å². The molecule has 11 heteroatoms. The normalized spacial score (nSPS) is 11.5. The molecule has 0 aliphatic rings. The average molecular weight is 470 g/mol. The van der Waals surface area contributed by atoms with Gasteiger partial charge in [-0.25, -0.2) is 21.9 Å². The van der Waals surface area contributed by atoms with Crippen molar-refractivity contribution >= 4 is 32.5 Å². The van der Waals surface area contributed by atoms with Gasteiger partial charge in [-0.2, -0.15) is 0 Å². The summed E-state index contributed by atoms with van der Waals surface area (Å²) in [4.78, 5) is 31.5. The first kappa shape index (κ1) is 22.2. The summed E-state index contributed by atoms with van der Waals surface area (Å²) in [6.45, 7) is 0.0554. The zero-order chi connectivity index (χ0) is 23.6. The SMILES string of the molecule is O=C(Nc1ccc(S(=O)(=O)NCc2cccnc2)cc1)c1c[nH]c2cc(F)cc(F)c2c1=O. The van der Waals surface area contributed by atoms with Crippen molar-refractivity contribution in [2.24, 2.45) is 0 Å². The van der Waals surface area contributed by atoms with E-state index in [4.69, 9.17) is 0 Å². The highest BCUT2D eigenvalue weighted by Crippen LogP contribution is 2.17. The Bertz CT molecular complexity index is 1510. The number of H-pyrrole nitrogens is 1. The fourth-order valence-electron chi connectivity index (χ4n) is 3.12. The fraction of sp³-hybridized carbons (Fsp3) is 0.0455. The lowest BCUT2D eigenvalue weighted by atomic mass is 10.1. The maximum absolute atomic E-state index is 14.0. The summed E-state index contributed by atoms with van der Waals surface area (Å²) in [5.74, 6) is -2.79. The van der Waals surface area contributed by atoms with Gasteiger partial charge in [0.25, 0.3) is 5.91 Å². The smallest absolute Gasteiger partial charge is 0.261 e. The van der Waals surface area contributed by atoms with Crippen LogP contribution in [0.1, 0.15) is 15.9 Å². The zero-order valence-corrected chi connectivity index (χ0v) is 17.6. The number of benzene rings is 2. The van der Waals surface area contributed by atoms with E-state index in [1.807, 2.05) is 0 Å². The molecule has 2 aromatic heterocycles. The molecule has 0 unspecified atom stereocenters. The first-order valence-corrected chi connectivity index (χ1v) is 11.0. The monoisotopic (exact) mass is 470 g/mol. The molecule has 3 N–H and O–H groups in total. The third-order valence-electron chi connectivity index (χ3n) is 4.75. The first-order valence-electron chi connectivity index (χ1n) is 9.55.